The van der Waals surface area contributed by atoms with Crippen LogP contribution >= 0.6 is 0 Å². The molecule has 0 aliphatic carbocycles. The maximum Gasteiger partial charge on any atom is 0.280 e. The molecule has 1 aromatic carbocycles. The summed E-state index contributed by atoms with van der Waals surface area (Å²) in [4.78, 5) is 10.6. The Bertz CT molecular complexity index is 562. The van der Waals surface area contributed by atoms with E-state index in [-0.39, 0.29) is 5.69 Å². The van der Waals surface area contributed by atoms with Gasteiger partial charge >= 0.3 is 0 Å². The summed E-state index contributed by atoms with van der Waals surface area (Å²) in [6.45, 7) is 4.50. The first kappa shape index (κ1) is 11.3. The van der Waals surface area contributed by atoms with Gasteiger partial charge in [0.15, 0.2) is 5.82 Å². The van der Waals surface area contributed by atoms with Crippen LogP contribution in [0.2, 0.25) is 0 Å². The van der Waals surface area contributed by atoms with Crippen molar-refractivity contribution in [3.05, 3.63) is 40.2 Å². The van der Waals surface area contributed by atoms with Gasteiger partial charge in [0, 0.05) is 12.6 Å². The van der Waals surface area contributed by atoms with Gasteiger partial charge in [0.05, 0.1) is 10.5 Å². The summed E-state index contributed by atoms with van der Waals surface area (Å²) in [5.41, 5.74) is 1.52. The van der Waals surface area contributed by atoms with Crippen LogP contribution in [0.3, 0.4) is 0 Å². The van der Waals surface area contributed by atoms with E-state index in [2.05, 4.69) is 10.2 Å². The van der Waals surface area contributed by atoms with Crippen molar-refractivity contribution in [3.63, 3.8) is 0 Å². The third-order valence-electron chi connectivity index (χ3n) is 2.55. The van der Waals surface area contributed by atoms with Gasteiger partial charge < -0.3 is 4.57 Å². The van der Waals surface area contributed by atoms with E-state index < -0.39 is 4.92 Å². The highest BCUT2D eigenvalue weighted by molar-refractivity contribution is 5.68. The van der Waals surface area contributed by atoms with Crippen molar-refractivity contribution in [1.82, 2.24) is 14.8 Å². The Kier molecular flexibility index (Phi) is 2.86. The van der Waals surface area contributed by atoms with Crippen molar-refractivity contribution >= 4 is 5.69 Å². The van der Waals surface area contributed by atoms with E-state index >= 15 is 0 Å². The molecule has 2 aromatic rings. The fourth-order valence-corrected chi connectivity index (χ4v) is 1.68. The zero-order valence-electron chi connectivity index (χ0n) is 9.62. The highest BCUT2D eigenvalue weighted by Gasteiger charge is 2.19. The van der Waals surface area contributed by atoms with Crippen LogP contribution in [-0.2, 0) is 6.54 Å². The largest absolute Gasteiger partial charge is 0.314 e. The molecule has 1 heterocycles. The van der Waals surface area contributed by atoms with Gasteiger partial charge in [0.25, 0.3) is 5.69 Å². The standard InChI is InChI=1S/C11H12N4O2/c1-3-14-7-12-13-11(14)9-6-8(2)4-5-10(9)15(16)17/h4-7H,3H2,1-2H3. The van der Waals surface area contributed by atoms with Crippen molar-refractivity contribution in [1.29, 1.82) is 0 Å². The fourth-order valence-electron chi connectivity index (χ4n) is 1.68. The maximum absolute atomic E-state index is 11.0. The lowest BCUT2D eigenvalue weighted by Crippen LogP contribution is -2.00. The molecular formula is C11H12N4O2. The molecule has 0 N–H and O–H groups in total. The molecule has 0 bridgehead atoms. The average molecular weight is 232 g/mol. The molecule has 88 valence electrons. The van der Waals surface area contributed by atoms with E-state index in [0.29, 0.717) is 17.9 Å². The maximum atomic E-state index is 11.0. The summed E-state index contributed by atoms with van der Waals surface area (Å²) >= 11 is 0. The van der Waals surface area contributed by atoms with E-state index in [1.54, 1.807) is 23.0 Å². The first-order valence-electron chi connectivity index (χ1n) is 5.26. The first-order chi connectivity index (χ1) is 8.13. The SMILES string of the molecule is CCn1cnnc1-c1cc(C)ccc1[N+](=O)[O-]. The Balaban J connectivity index is 2.65. The van der Waals surface area contributed by atoms with E-state index in [9.17, 15) is 10.1 Å². The zero-order chi connectivity index (χ0) is 12.4. The zero-order valence-corrected chi connectivity index (χ0v) is 9.62. The number of nitro groups is 1. The highest BCUT2D eigenvalue weighted by atomic mass is 16.6. The van der Waals surface area contributed by atoms with Gasteiger partial charge in [0.2, 0.25) is 0 Å². The lowest BCUT2D eigenvalue weighted by atomic mass is 10.1. The molecule has 17 heavy (non-hydrogen) atoms. The third-order valence-corrected chi connectivity index (χ3v) is 2.55. The number of rotatable bonds is 3. The molecule has 0 amide bonds. The van der Waals surface area contributed by atoms with E-state index in [0.717, 1.165) is 5.56 Å². The smallest absolute Gasteiger partial charge is 0.280 e. The summed E-state index contributed by atoms with van der Waals surface area (Å²) < 4.78 is 1.78. The van der Waals surface area contributed by atoms with Crippen LogP contribution in [-0.4, -0.2) is 19.7 Å². The lowest BCUT2D eigenvalue weighted by molar-refractivity contribution is -0.384. The van der Waals surface area contributed by atoms with Crippen LogP contribution in [0.25, 0.3) is 11.4 Å². The van der Waals surface area contributed by atoms with Crippen molar-refractivity contribution in [3.8, 4) is 11.4 Å². The summed E-state index contributed by atoms with van der Waals surface area (Å²) in [6, 6.07) is 4.97. The van der Waals surface area contributed by atoms with Crippen LogP contribution in [0.5, 0.6) is 0 Å². The Labute approximate surface area is 98.1 Å². The molecule has 0 fully saturated rings. The molecule has 6 heteroatoms. The molecular weight excluding hydrogens is 220 g/mol. The number of benzene rings is 1. The van der Waals surface area contributed by atoms with Crippen LogP contribution in [0, 0.1) is 17.0 Å². The highest BCUT2D eigenvalue weighted by Crippen LogP contribution is 2.29. The minimum absolute atomic E-state index is 0.0540. The number of nitrogens with zero attached hydrogens (tertiary/aromatic N) is 4. The molecule has 2 rings (SSSR count). The molecule has 0 radical (unpaired) electrons. The van der Waals surface area contributed by atoms with E-state index in [1.807, 2.05) is 13.8 Å². The second-order valence-electron chi connectivity index (χ2n) is 3.72. The predicted molar refractivity (Wildman–Crippen MR) is 62.5 cm³/mol. The topological polar surface area (TPSA) is 73.8 Å². The average Bonchev–Trinajstić information content (AvgIpc) is 2.76. The number of nitro benzene ring substituents is 1. The third kappa shape index (κ3) is 2.01. The summed E-state index contributed by atoms with van der Waals surface area (Å²) in [5.74, 6) is 0.530. The quantitative estimate of drug-likeness (QED) is 0.600. The molecule has 0 spiro atoms. The molecule has 0 saturated heterocycles. The molecule has 0 unspecified atom stereocenters. The molecule has 0 aliphatic rings. The van der Waals surface area contributed by atoms with Crippen molar-refractivity contribution in [2.24, 2.45) is 0 Å². The van der Waals surface area contributed by atoms with Gasteiger partial charge in [-0.15, -0.1) is 10.2 Å². The van der Waals surface area contributed by atoms with Gasteiger partial charge in [-0.2, -0.15) is 0 Å². The number of hydrogen-bond acceptors (Lipinski definition) is 4. The molecule has 6 nitrogen and oxygen atoms in total. The van der Waals surface area contributed by atoms with Crippen LogP contribution in [0.1, 0.15) is 12.5 Å². The van der Waals surface area contributed by atoms with Gasteiger partial charge in [-0.1, -0.05) is 6.07 Å². The number of aryl methyl sites for hydroxylation is 2. The Morgan fingerprint density at radius 1 is 1.47 bits per heavy atom. The summed E-state index contributed by atoms with van der Waals surface area (Å²) in [5, 5.41) is 18.7. The second kappa shape index (κ2) is 4.32. The van der Waals surface area contributed by atoms with Crippen LogP contribution in [0.15, 0.2) is 24.5 Å². The minimum Gasteiger partial charge on any atom is -0.314 e. The normalized spacial score (nSPS) is 10.5. The minimum atomic E-state index is -0.399. The van der Waals surface area contributed by atoms with Gasteiger partial charge in [-0.25, -0.2) is 0 Å². The lowest BCUT2D eigenvalue weighted by Gasteiger charge is -2.05. The number of hydrogen-bond donors (Lipinski definition) is 0. The van der Waals surface area contributed by atoms with Crippen molar-refractivity contribution in [2.75, 3.05) is 0 Å². The monoisotopic (exact) mass is 232 g/mol. The molecule has 0 saturated carbocycles. The number of aromatic nitrogens is 3. The Morgan fingerprint density at radius 2 is 2.24 bits per heavy atom. The summed E-state index contributed by atoms with van der Waals surface area (Å²) in [6.07, 6.45) is 1.57. The molecule has 1 aromatic heterocycles. The molecule has 0 atom stereocenters. The fraction of sp³-hybridized carbons (Fsp3) is 0.273. The predicted octanol–water partition coefficient (Wildman–Crippen LogP) is 2.18. The Hall–Kier alpha value is -2.24. The van der Waals surface area contributed by atoms with Crippen LogP contribution in [0.4, 0.5) is 5.69 Å². The molecule has 0 aliphatic heterocycles. The van der Waals surface area contributed by atoms with E-state index in [1.165, 1.54) is 6.07 Å². The Morgan fingerprint density at radius 3 is 2.88 bits per heavy atom. The van der Waals surface area contributed by atoms with Crippen molar-refractivity contribution < 1.29 is 4.92 Å². The van der Waals surface area contributed by atoms with Gasteiger partial charge in [-0.05, 0) is 25.5 Å². The van der Waals surface area contributed by atoms with E-state index in [4.69, 9.17) is 0 Å². The van der Waals surface area contributed by atoms with Crippen molar-refractivity contribution in [2.45, 2.75) is 20.4 Å². The first-order valence-corrected chi connectivity index (χ1v) is 5.26. The van der Waals surface area contributed by atoms with Crippen LogP contribution < -0.4 is 0 Å². The van der Waals surface area contributed by atoms with Gasteiger partial charge in [0.1, 0.15) is 6.33 Å². The second-order valence-corrected chi connectivity index (χ2v) is 3.72. The summed E-state index contributed by atoms with van der Waals surface area (Å²) in [7, 11) is 0. The van der Waals surface area contributed by atoms with Gasteiger partial charge in [-0.3, -0.25) is 10.1 Å².